The number of hydrogen-bond acceptors (Lipinski definition) is 8. The Labute approximate surface area is 333 Å². The van der Waals surface area contributed by atoms with Crippen LogP contribution in [-0.2, 0) is 32.7 Å². The molecule has 0 amide bonds. The summed E-state index contributed by atoms with van der Waals surface area (Å²) in [5.74, 6) is -0.935. The molecule has 2 atom stereocenters. The summed E-state index contributed by atoms with van der Waals surface area (Å²) in [6, 6.07) is 0. The molecule has 9 nitrogen and oxygen atoms in total. The van der Waals surface area contributed by atoms with Crippen molar-refractivity contribution in [2.24, 2.45) is 0 Å². The lowest BCUT2D eigenvalue weighted by Gasteiger charge is -2.20. The van der Waals surface area contributed by atoms with Crippen molar-refractivity contribution in [1.29, 1.82) is 0 Å². The Bertz CT molecular complexity index is 1280. The molecule has 0 spiro atoms. The van der Waals surface area contributed by atoms with Gasteiger partial charge in [-0.25, -0.2) is 4.57 Å². The van der Waals surface area contributed by atoms with Crippen LogP contribution in [0.4, 0.5) is 0 Å². The van der Waals surface area contributed by atoms with Gasteiger partial charge in [0.05, 0.1) is 13.2 Å². The summed E-state index contributed by atoms with van der Waals surface area (Å²) in [5, 5.41) is 0. The molecule has 310 valence electrons. The van der Waals surface area contributed by atoms with Crippen molar-refractivity contribution in [1.82, 2.24) is 4.90 Å². The summed E-state index contributed by atoms with van der Waals surface area (Å²) in [7, 11) is -0.777. The number of phosphoric ester groups is 1. The molecule has 0 aromatic rings. The van der Waals surface area contributed by atoms with E-state index in [1.165, 1.54) is 0 Å². The number of allylic oxidation sites excluding steroid dienone is 18. The molecule has 0 rings (SSSR count). The number of esters is 2. The van der Waals surface area contributed by atoms with Gasteiger partial charge in [-0.15, -0.1) is 0 Å². The maximum atomic E-state index is 12.6. The molecule has 0 bridgehead atoms. The van der Waals surface area contributed by atoms with E-state index in [1.807, 2.05) is 20.2 Å². The fraction of sp³-hybridized carbons (Fsp3) is 0.556. The molecule has 55 heavy (non-hydrogen) atoms. The lowest BCUT2D eigenvalue weighted by atomic mass is 10.2. The quantitative estimate of drug-likeness (QED) is 0.0290. The maximum absolute atomic E-state index is 12.6. The van der Waals surface area contributed by atoms with Crippen LogP contribution < -0.4 is 0 Å². The monoisotopic (exact) mass is 785 g/mol. The first kappa shape index (κ1) is 51.7. The summed E-state index contributed by atoms with van der Waals surface area (Å²) in [6.45, 7) is 3.93. The summed E-state index contributed by atoms with van der Waals surface area (Å²) in [5.41, 5.74) is 0. The van der Waals surface area contributed by atoms with Gasteiger partial charge in [-0.3, -0.25) is 18.6 Å². The molecule has 1 N–H and O–H groups in total. The maximum Gasteiger partial charge on any atom is 0.472 e. The first-order chi connectivity index (χ1) is 26.7. The van der Waals surface area contributed by atoms with Gasteiger partial charge in [0, 0.05) is 19.4 Å². The third-order valence-electron chi connectivity index (χ3n) is 7.57. The molecule has 0 aromatic heterocycles. The van der Waals surface area contributed by atoms with Crippen LogP contribution in [0.5, 0.6) is 0 Å². The minimum Gasteiger partial charge on any atom is -0.462 e. The highest BCUT2D eigenvalue weighted by atomic mass is 31.2. The minimum absolute atomic E-state index is 0.0169. The van der Waals surface area contributed by atoms with Gasteiger partial charge >= 0.3 is 19.8 Å². The van der Waals surface area contributed by atoms with Crippen molar-refractivity contribution in [2.45, 2.75) is 123 Å². The van der Waals surface area contributed by atoms with Gasteiger partial charge < -0.3 is 19.3 Å². The highest BCUT2D eigenvalue weighted by Gasteiger charge is 2.26. The fourth-order valence-electron chi connectivity index (χ4n) is 4.53. The molecular weight excluding hydrogens is 713 g/mol. The van der Waals surface area contributed by atoms with Crippen LogP contribution in [0.15, 0.2) is 109 Å². The van der Waals surface area contributed by atoms with Crippen molar-refractivity contribution in [3.05, 3.63) is 109 Å². The lowest BCUT2D eigenvalue weighted by Crippen LogP contribution is -2.29. The third kappa shape index (κ3) is 40.2. The molecule has 10 heteroatoms. The van der Waals surface area contributed by atoms with E-state index in [-0.39, 0.29) is 26.1 Å². The number of unbranched alkanes of at least 4 members (excludes halogenated alkanes) is 3. The zero-order chi connectivity index (χ0) is 40.5. The van der Waals surface area contributed by atoms with Gasteiger partial charge in [0.15, 0.2) is 6.10 Å². The second-order valence-electron chi connectivity index (χ2n) is 13.0. The number of ether oxygens (including phenoxy) is 2. The predicted molar refractivity (Wildman–Crippen MR) is 229 cm³/mol. The van der Waals surface area contributed by atoms with Crippen LogP contribution in [0.2, 0.25) is 0 Å². The van der Waals surface area contributed by atoms with E-state index in [9.17, 15) is 19.0 Å². The average Bonchev–Trinajstić information content (AvgIpc) is 3.15. The fourth-order valence-corrected chi connectivity index (χ4v) is 5.28. The number of rotatable bonds is 35. The minimum atomic E-state index is -4.39. The van der Waals surface area contributed by atoms with Crippen LogP contribution in [0.25, 0.3) is 0 Å². The highest BCUT2D eigenvalue weighted by molar-refractivity contribution is 7.47. The molecule has 0 saturated carbocycles. The van der Waals surface area contributed by atoms with E-state index in [4.69, 9.17) is 18.5 Å². The molecular formula is C45H72NO8P. The second-order valence-corrected chi connectivity index (χ2v) is 14.5. The zero-order valence-electron chi connectivity index (χ0n) is 34.3. The first-order valence-electron chi connectivity index (χ1n) is 20.2. The van der Waals surface area contributed by atoms with E-state index < -0.39 is 32.5 Å². The van der Waals surface area contributed by atoms with E-state index >= 15 is 0 Å². The number of carbonyl (C=O) groups excluding carboxylic acids is 2. The van der Waals surface area contributed by atoms with Gasteiger partial charge in [0.1, 0.15) is 6.61 Å². The topological polar surface area (TPSA) is 112 Å². The van der Waals surface area contributed by atoms with Crippen molar-refractivity contribution >= 4 is 19.8 Å². The smallest absolute Gasteiger partial charge is 0.462 e. The second kappa shape index (κ2) is 38.9. The van der Waals surface area contributed by atoms with Gasteiger partial charge in [0.2, 0.25) is 0 Å². The molecule has 0 radical (unpaired) electrons. The zero-order valence-corrected chi connectivity index (χ0v) is 35.2. The number of carbonyl (C=O) groups is 2. The normalized spacial score (nSPS) is 14.6. The van der Waals surface area contributed by atoms with E-state index in [1.54, 1.807) is 4.90 Å². The number of nitrogens with zero attached hydrogens (tertiary/aromatic N) is 1. The van der Waals surface area contributed by atoms with Crippen LogP contribution in [0.1, 0.15) is 117 Å². The Kier molecular flexibility index (Phi) is 36.6. The van der Waals surface area contributed by atoms with Crippen LogP contribution in [0, 0.1) is 0 Å². The molecule has 0 saturated heterocycles. The van der Waals surface area contributed by atoms with Crippen molar-refractivity contribution < 1.29 is 37.6 Å². The summed E-state index contributed by atoms with van der Waals surface area (Å²) in [4.78, 5) is 36.9. The van der Waals surface area contributed by atoms with Crippen molar-refractivity contribution in [3.63, 3.8) is 0 Å². The van der Waals surface area contributed by atoms with Crippen LogP contribution >= 0.6 is 7.82 Å². The third-order valence-corrected chi connectivity index (χ3v) is 8.56. The Hall–Kier alpha value is -3.33. The Morgan fingerprint density at radius 1 is 0.564 bits per heavy atom. The van der Waals surface area contributed by atoms with E-state index in [2.05, 4.69) is 117 Å². The average molecular weight is 786 g/mol. The SMILES string of the molecule is CC/C=C\C/C=C\C/C=C\C/C=C\C/C=C\CCCC(=O)OC(COC(=O)CCCC/C=C\C/C=C\C/C=C\C/C=C\CC)COP(=O)(O)OCCN(C)C. The summed E-state index contributed by atoms with van der Waals surface area (Å²) in [6.07, 6.45) is 50.1. The standard InChI is InChI=1S/C45H72NO8P/c1-5-7-9-11-13-15-17-19-21-22-24-26-28-30-32-34-36-38-45(48)54-43(42-53-55(49,50)52-40-39-46(3)4)41-51-44(47)37-35-33-31-29-27-25-23-20-18-16-14-12-10-8-6-2/h7-10,13-16,19-21,23-24,26-27,29-30,32,43H,5-6,11-12,17-18,22,25,28,31,33-42H2,1-4H3,(H,49,50)/b9-7-,10-8-,15-13-,16-14-,21-19-,23-20-,26-24-,29-27-,32-30-. The van der Waals surface area contributed by atoms with E-state index in [0.717, 1.165) is 70.6 Å². The first-order valence-corrected chi connectivity index (χ1v) is 21.7. The Morgan fingerprint density at radius 3 is 1.44 bits per heavy atom. The summed E-state index contributed by atoms with van der Waals surface area (Å²) >= 11 is 0. The van der Waals surface area contributed by atoms with E-state index in [0.29, 0.717) is 25.8 Å². The van der Waals surface area contributed by atoms with Crippen molar-refractivity contribution in [2.75, 3.05) is 40.5 Å². The summed E-state index contributed by atoms with van der Waals surface area (Å²) < 4.78 is 33.3. The van der Waals surface area contributed by atoms with Gasteiger partial charge in [0.25, 0.3) is 0 Å². The van der Waals surface area contributed by atoms with Crippen LogP contribution in [0.3, 0.4) is 0 Å². The predicted octanol–water partition coefficient (Wildman–Crippen LogP) is 11.4. The molecule has 0 heterocycles. The molecule has 0 aliphatic rings. The van der Waals surface area contributed by atoms with Crippen molar-refractivity contribution in [3.8, 4) is 0 Å². The van der Waals surface area contributed by atoms with Gasteiger partial charge in [-0.05, 0) is 104 Å². The highest BCUT2D eigenvalue weighted by Crippen LogP contribution is 2.43. The molecule has 0 aliphatic carbocycles. The number of likely N-dealkylation sites (N-methyl/N-ethyl adjacent to an activating group) is 1. The number of hydrogen-bond donors (Lipinski definition) is 1. The molecule has 0 aromatic carbocycles. The van der Waals surface area contributed by atoms with Crippen LogP contribution in [-0.4, -0.2) is 68.3 Å². The molecule has 0 aliphatic heterocycles. The largest absolute Gasteiger partial charge is 0.472 e. The molecule has 0 fully saturated rings. The Balaban J connectivity index is 4.54. The van der Waals surface area contributed by atoms with Gasteiger partial charge in [-0.1, -0.05) is 123 Å². The Morgan fingerprint density at radius 2 is 0.982 bits per heavy atom. The van der Waals surface area contributed by atoms with Gasteiger partial charge in [-0.2, -0.15) is 0 Å². The lowest BCUT2D eigenvalue weighted by molar-refractivity contribution is -0.161. The number of phosphoric acid groups is 1. The molecule has 2 unspecified atom stereocenters.